The zero-order chi connectivity index (χ0) is 10.8. The van der Waals surface area contributed by atoms with Crippen LogP contribution in [-0.2, 0) is 4.79 Å². The van der Waals surface area contributed by atoms with Gasteiger partial charge in [-0.2, -0.15) is 0 Å². The number of rotatable bonds is 1. The molecule has 1 heterocycles. The molecule has 1 aromatic rings. The molecule has 1 aromatic carbocycles. The Morgan fingerprint density at radius 2 is 2.33 bits per heavy atom. The highest BCUT2D eigenvalue weighted by molar-refractivity contribution is 5.99. The highest BCUT2D eigenvalue weighted by Gasteiger charge is 2.17. The number of anilines is 1. The summed E-state index contributed by atoms with van der Waals surface area (Å²) in [5.41, 5.74) is 2.85. The van der Waals surface area contributed by atoms with E-state index in [0.717, 1.165) is 0 Å². The second-order valence-electron chi connectivity index (χ2n) is 3.02. The molecule has 1 aliphatic heterocycles. The molecule has 0 fully saturated rings. The highest BCUT2D eigenvalue weighted by Crippen LogP contribution is 2.28. The summed E-state index contributed by atoms with van der Waals surface area (Å²) in [4.78, 5) is 22.2. The van der Waals surface area contributed by atoms with Gasteiger partial charge < -0.3 is 10.1 Å². The molecule has 2 amide bonds. The van der Waals surface area contributed by atoms with E-state index in [1.54, 1.807) is 12.1 Å². The van der Waals surface area contributed by atoms with Crippen LogP contribution in [0.2, 0.25) is 0 Å². The number of nitrogens with one attached hydrogen (secondary N) is 2. The predicted molar refractivity (Wildman–Crippen MR) is 52.2 cm³/mol. The first-order valence-corrected chi connectivity index (χ1v) is 4.28. The Morgan fingerprint density at radius 1 is 1.53 bits per heavy atom. The molecule has 0 spiro atoms. The molecule has 1 aliphatic rings. The lowest BCUT2D eigenvalue weighted by molar-refractivity contribution is -0.118. The molecule has 6 nitrogen and oxygen atoms in total. The van der Waals surface area contributed by atoms with Crippen molar-refractivity contribution in [3.05, 3.63) is 23.8 Å². The normalized spacial score (nSPS) is 13.5. The Bertz CT molecular complexity index is 431. The zero-order valence-electron chi connectivity index (χ0n) is 7.74. The van der Waals surface area contributed by atoms with Gasteiger partial charge in [-0.25, -0.2) is 5.84 Å². The van der Waals surface area contributed by atoms with Gasteiger partial charge in [-0.05, 0) is 18.2 Å². The van der Waals surface area contributed by atoms with E-state index < -0.39 is 5.91 Å². The largest absolute Gasteiger partial charge is 0.482 e. The van der Waals surface area contributed by atoms with Crippen LogP contribution < -0.4 is 21.3 Å². The lowest BCUT2D eigenvalue weighted by atomic mass is 10.1. The van der Waals surface area contributed by atoms with Gasteiger partial charge in [-0.1, -0.05) is 0 Å². The molecular formula is C9H9N3O3. The Labute approximate surface area is 85.4 Å². The standard InChI is InChI=1S/C9H9N3O3/c10-12-9(14)5-1-2-7-6(3-5)11-8(13)4-15-7/h1-3H,4,10H2,(H,11,13)(H,12,14). The van der Waals surface area contributed by atoms with Crippen molar-refractivity contribution in [1.29, 1.82) is 0 Å². The lowest BCUT2D eigenvalue weighted by Crippen LogP contribution is -2.30. The van der Waals surface area contributed by atoms with Crippen LogP contribution >= 0.6 is 0 Å². The topological polar surface area (TPSA) is 93.5 Å². The van der Waals surface area contributed by atoms with Crippen molar-refractivity contribution in [1.82, 2.24) is 5.43 Å². The van der Waals surface area contributed by atoms with Gasteiger partial charge in [0.05, 0.1) is 5.69 Å². The summed E-state index contributed by atoms with van der Waals surface area (Å²) in [6.07, 6.45) is 0. The minimum absolute atomic E-state index is 0.00453. The summed E-state index contributed by atoms with van der Waals surface area (Å²) in [5, 5.41) is 2.59. The Hall–Kier alpha value is -2.08. The van der Waals surface area contributed by atoms with Crippen molar-refractivity contribution < 1.29 is 14.3 Å². The van der Waals surface area contributed by atoms with E-state index in [1.807, 2.05) is 5.43 Å². The molecule has 4 N–H and O–H groups in total. The van der Waals surface area contributed by atoms with E-state index in [9.17, 15) is 9.59 Å². The second-order valence-corrected chi connectivity index (χ2v) is 3.02. The molecule has 78 valence electrons. The van der Waals surface area contributed by atoms with E-state index in [1.165, 1.54) is 6.07 Å². The van der Waals surface area contributed by atoms with E-state index in [-0.39, 0.29) is 12.5 Å². The fourth-order valence-corrected chi connectivity index (χ4v) is 1.31. The predicted octanol–water partition coefficient (Wildman–Crippen LogP) is -0.379. The average molecular weight is 207 g/mol. The number of amides is 2. The van der Waals surface area contributed by atoms with Gasteiger partial charge in [0.25, 0.3) is 11.8 Å². The molecular weight excluding hydrogens is 198 g/mol. The van der Waals surface area contributed by atoms with Crippen LogP contribution in [0.4, 0.5) is 5.69 Å². The molecule has 0 bridgehead atoms. The number of nitrogens with two attached hydrogens (primary N) is 1. The molecule has 6 heteroatoms. The molecule has 0 aliphatic carbocycles. The number of carbonyl (C=O) groups is 2. The van der Waals surface area contributed by atoms with Crippen LogP contribution in [0.3, 0.4) is 0 Å². The molecule has 2 rings (SSSR count). The van der Waals surface area contributed by atoms with Crippen molar-refractivity contribution in [3.8, 4) is 5.75 Å². The number of hydrogen-bond acceptors (Lipinski definition) is 4. The van der Waals surface area contributed by atoms with E-state index in [4.69, 9.17) is 10.6 Å². The summed E-state index contributed by atoms with van der Waals surface area (Å²) >= 11 is 0. The summed E-state index contributed by atoms with van der Waals surface area (Å²) in [5.74, 6) is 4.87. The maximum Gasteiger partial charge on any atom is 0.265 e. The van der Waals surface area contributed by atoms with Crippen molar-refractivity contribution >= 4 is 17.5 Å². The Morgan fingerprint density at radius 3 is 3.07 bits per heavy atom. The monoisotopic (exact) mass is 207 g/mol. The van der Waals surface area contributed by atoms with Gasteiger partial charge in [0.1, 0.15) is 5.75 Å². The highest BCUT2D eigenvalue weighted by atomic mass is 16.5. The summed E-state index contributed by atoms with van der Waals surface area (Å²) < 4.78 is 5.13. The summed E-state index contributed by atoms with van der Waals surface area (Å²) in [6.45, 7) is -0.00453. The first-order chi connectivity index (χ1) is 7.20. The van der Waals surface area contributed by atoms with Crippen molar-refractivity contribution in [2.45, 2.75) is 0 Å². The first kappa shape index (κ1) is 9.47. The van der Waals surface area contributed by atoms with Crippen LogP contribution in [-0.4, -0.2) is 18.4 Å². The van der Waals surface area contributed by atoms with E-state index >= 15 is 0 Å². The van der Waals surface area contributed by atoms with Gasteiger partial charge in [0.2, 0.25) is 0 Å². The number of ether oxygens (including phenoxy) is 1. The number of nitrogen functional groups attached to an aromatic ring is 1. The quantitative estimate of drug-likeness (QED) is 0.332. The van der Waals surface area contributed by atoms with Gasteiger partial charge in [0.15, 0.2) is 6.61 Å². The SMILES string of the molecule is NNC(=O)c1ccc2c(c1)NC(=O)CO2. The maximum atomic E-state index is 11.2. The number of hydrazine groups is 1. The van der Waals surface area contributed by atoms with Gasteiger partial charge in [0, 0.05) is 5.56 Å². The number of hydrogen-bond donors (Lipinski definition) is 3. The third-order valence-electron chi connectivity index (χ3n) is 2.01. The van der Waals surface area contributed by atoms with Gasteiger partial charge >= 0.3 is 0 Å². The number of benzene rings is 1. The lowest BCUT2D eigenvalue weighted by Gasteiger charge is -2.18. The van der Waals surface area contributed by atoms with Gasteiger partial charge in [-0.15, -0.1) is 0 Å². The zero-order valence-corrected chi connectivity index (χ0v) is 7.74. The van der Waals surface area contributed by atoms with Gasteiger partial charge in [-0.3, -0.25) is 15.0 Å². The molecule has 0 unspecified atom stereocenters. The minimum atomic E-state index is -0.419. The van der Waals surface area contributed by atoms with Crippen LogP contribution in [0.25, 0.3) is 0 Å². The smallest absolute Gasteiger partial charge is 0.265 e. The molecule has 0 saturated heterocycles. The molecule has 15 heavy (non-hydrogen) atoms. The van der Waals surface area contributed by atoms with Crippen molar-refractivity contribution in [2.75, 3.05) is 11.9 Å². The summed E-state index contributed by atoms with van der Waals surface area (Å²) in [6, 6.07) is 4.69. The Balaban J connectivity index is 2.36. The Kier molecular flexibility index (Phi) is 2.26. The third kappa shape index (κ3) is 1.75. The molecule has 0 radical (unpaired) electrons. The third-order valence-corrected chi connectivity index (χ3v) is 2.01. The fourth-order valence-electron chi connectivity index (χ4n) is 1.31. The van der Waals surface area contributed by atoms with Crippen LogP contribution in [0.15, 0.2) is 18.2 Å². The van der Waals surface area contributed by atoms with Crippen LogP contribution in [0.5, 0.6) is 5.75 Å². The van der Waals surface area contributed by atoms with E-state index in [0.29, 0.717) is 17.0 Å². The van der Waals surface area contributed by atoms with Crippen LogP contribution in [0, 0.1) is 0 Å². The van der Waals surface area contributed by atoms with Crippen molar-refractivity contribution in [3.63, 3.8) is 0 Å². The summed E-state index contributed by atoms with van der Waals surface area (Å²) in [7, 11) is 0. The fraction of sp³-hybridized carbons (Fsp3) is 0.111. The van der Waals surface area contributed by atoms with Crippen molar-refractivity contribution in [2.24, 2.45) is 5.84 Å². The first-order valence-electron chi connectivity index (χ1n) is 4.28. The molecule has 0 atom stereocenters. The maximum absolute atomic E-state index is 11.2. The molecule has 0 aromatic heterocycles. The second kappa shape index (κ2) is 3.58. The number of fused-ring (bicyclic) bond motifs is 1. The van der Waals surface area contributed by atoms with E-state index in [2.05, 4.69) is 5.32 Å². The number of carbonyl (C=O) groups excluding carboxylic acids is 2. The minimum Gasteiger partial charge on any atom is -0.482 e. The average Bonchev–Trinajstić information content (AvgIpc) is 2.27. The van der Waals surface area contributed by atoms with Crippen LogP contribution in [0.1, 0.15) is 10.4 Å². The molecule has 0 saturated carbocycles.